The average Bonchev–Trinajstić information content (AvgIpc) is 2.74. The Kier molecular flexibility index (Phi) is 5.18. The number of nitrogens with zero attached hydrogens (tertiary/aromatic N) is 3. The minimum Gasteiger partial charge on any atom is -0.481 e. The largest absolute Gasteiger partial charge is 0.481 e. The number of rotatable bonds is 5. The van der Waals surface area contributed by atoms with Crippen LogP contribution < -0.4 is 10.3 Å². The number of aromatic nitrogens is 3. The highest BCUT2D eigenvalue weighted by atomic mass is 16.5. The third-order valence-corrected chi connectivity index (χ3v) is 4.78. The van der Waals surface area contributed by atoms with Crippen LogP contribution in [0.2, 0.25) is 0 Å². The summed E-state index contributed by atoms with van der Waals surface area (Å²) in [5.41, 5.74) is 3.42. The number of pyridine rings is 1. The fraction of sp³-hybridized carbons (Fsp3) is 0.227. The number of fused-ring (bicyclic) bond motifs is 1. The molecule has 1 aromatic carbocycles. The highest BCUT2D eigenvalue weighted by molar-refractivity contribution is 5.54. The van der Waals surface area contributed by atoms with Gasteiger partial charge in [0.15, 0.2) is 0 Å². The monoisotopic (exact) mass is 372 g/mol. The van der Waals surface area contributed by atoms with E-state index < -0.39 is 0 Å². The van der Waals surface area contributed by atoms with Crippen LogP contribution in [0.3, 0.4) is 0 Å². The van der Waals surface area contributed by atoms with E-state index >= 15 is 0 Å². The SMILES string of the molecule is C#CCOc1ccccc1CN1CCc2nc(-c3ccncc3)[nH]c(=O)c2C1. The van der Waals surface area contributed by atoms with Crippen LogP contribution in [0.1, 0.15) is 16.8 Å². The van der Waals surface area contributed by atoms with Crippen molar-refractivity contribution in [1.82, 2.24) is 19.9 Å². The molecule has 0 fully saturated rings. The second-order valence-corrected chi connectivity index (χ2v) is 6.64. The van der Waals surface area contributed by atoms with Gasteiger partial charge in [0.05, 0.1) is 11.3 Å². The molecule has 140 valence electrons. The van der Waals surface area contributed by atoms with E-state index in [1.807, 2.05) is 36.4 Å². The van der Waals surface area contributed by atoms with Crippen molar-refractivity contribution >= 4 is 0 Å². The first kappa shape index (κ1) is 18.0. The molecule has 1 aliphatic rings. The maximum atomic E-state index is 12.7. The van der Waals surface area contributed by atoms with Gasteiger partial charge in [-0.05, 0) is 18.2 Å². The van der Waals surface area contributed by atoms with E-state index in [1.54, 1.807) is 12.4 Å². The Morgan fingerprint density at radius 3 is 2.86 bits per heavy atom. The molecule has 4 rings (SSSR count). The van der Waals surface area contributed by atoms with E-state index in [1.165, 1.54) is 0 Å². The van der Waals surface area contributed by atoms with Crippen LogP contribution in [-0.4, -0.2) is 33.0 Å². The topological polar surface area (TPSA) is 71.1 Å². The van der Waals surface area contributed by atoms with Gasteiger partial charge in [-0.1, -0.05) is 24.1 Å². The number of para-hydroxylation sites is 1. The Balaban J connectivity index is 1.55. The molecule has 0 radical (unpaired) electrons. The predicted octanol–water partition coefficient (Wildman–Crippen LogP) is 2.40. The van der Waals surface area contributed by atoms with E-state index in [2.05, 4.69) is 25.8 Å². The van der Waals surface area contributed by atoms with Gasteiger partial charge in [-0.25, -0.2) is 4.98 Å². The molecule has 0 saturated heterocycles. The molecule has 3 aromatic rings. The van der Waals surface area contributed by atoms with Crippen molar-refractivity contribution in [3.8, 4) is 29.5 Å². The van der Waals surface area contributed by atoms with Crippen molar-refractivity contribution in [1.29, 1.82) is 0 Å². The third kappa shape index (κ3) is 3.80. The van der Waals surface area contributed by atoms with Crippen LogP contribution in [0.4, 0.5) is 0 Å². The zero-order valence-electron chi connectivity index (χ0n) is 15.4. The number of hydrogen-bond acceptors (Lipinski definition) is 5. The van der Waals surface area contributed by atoms with Gasteiger partial charge in [0, 0.05) is 49.6 Å². The van der Waals surface area contributed by atoms with E-state index in [0.29, 0.717) is 18.9 Å². The number of H-pyrrole nitrogens is 1. The number of benzene rings is 1. The van der Waals surface area contributed by atoms with E-state index in [-0.39, 0.29) is 12.2 Å². The van der Waals surface area contributed by atoms with Crippen molar-refractivity contribution in [3.63, 3.8) is 0 Å². The van der Waals surface area contributed by atoms with Gasteiger partial charge in [0.1, 0.15) is 18.2 Å². The fourth-order valence-corrected chi connectivity index (χ4v) is 3.40. The number of terminal acetylenes is 1. The Labute approximate surface area is 163 Å². The molecule has 1 N–H and O–H groups in total. The van der Waals surface area contributed by atoms with Crippen LogP contribution in [0, 0.1) is 12.3 Å². The Bertz CT molecular complexity index is 1070. The van der Waals surface area contributed by atoms with Gasteiger partial charge >= 0.3 is 0 Å². The van der Waals surface area contributed by atoms with Crippen LogP contribution in [-0.2, 0) is 19.5 Å². The summed E-state index contributed by atoms with van der Waals surface area (Å²) >= 11 is 0. The zero-order valence-corrected chi connectivity index (χ0v) is 15.4. The van der Waals surface area contributed by atoms with Gasteiger partial charge in [-0.15, -0.1) is 6.42 Å². The maximum absolute atomic E-state index is 12.7. The van der Waals surface area contributed by atoms with Crippen molar-refractivity contribution in [2.24, 2.45) is 0 Å². The molecule has 0 spiro atoms. The van der Waals surface area contributed by atoms with Crippen molar-refractivity contribution < 1.29 is 4.74 Å². The highest BCUT2D eigenvalue weighted by Gasteiger charge is 2.22. The van der Waals surface area contributed by atoms with E-state index in [0.717, 1.165) is 41.1 Å². The Hall–Kier alpha value is -3.43. The molecule has 1 aliphatic heterocycles. The summed E-state index contributed by atoms with van der Waals surface area (Å²) in [5, 5.41) is 0. The van der Waals surface area contributed by atoms with E-state index in [4.69, 9.17) is 11.2 Å². The quantitative estimate of drug-likeness (QED) is 0.697. The summed E-state index contributed by atoms with van der Waals surface area (Å²) in [7, 11) is 0. The van der Waals surface area contributed by atoms with Gasteiger partial charge in [-0.3, -0.25) is 14.7 Å². The van der Waals surface area contributed by atoms with Crippen LogP contribution in [0.15, 0.2) is 53.6 Å². The first-order valence-electron chi connectivity index (χ1n) is 9.13. The molecule has 0 unspecified atom stereocenters. The second kappa shape index (κ2) is 8.07. The van der Waals surface area contributed by atoms with Crippen molar-refractivity contribution in [2.75, 3.05) is 13.2 Å². The molecule has 0 atom stereocenters. The lowest BCUT2D eigenvalue weighted by molar-refractivity contribution is 0.237. The highest BCUT2D eigenvalue weighted by Crippen LogP contribution is 2.23. The number of hydrogen-bond donors (Lipinski definition) is 1. The molecule has 2 aromatic heterocycles. The Morgan fingerprint density at radius 1 is 1.21 bits per heavy atom. The van der Waals surface area contributed by atoms with Crippen LogP contribution in [0.5, 0.6) is 5.75 Å². The van der Waals surface area contributed by atoms with Gasteiger partial charge in [0.25, 0.3) is 5.56 Å². The molecule has 0 aliphatic carbocycles. The van der Waals surface area contributed by atoms with Gasteiger partial charge < -0.3 is 9.72 Å². The lowest BCUT2D eigenvalue weighted by Gasteiger charge is -2.28. The smallest absolute Gasteiger partial charge is 0.255 e. The lowest BCUT2D eigenvalue weighted by atomic mass is 10.1. The number of aromatic amines is 1. The summed E-state index contributed by atoms with van der Waals surface area (Å²) in [6, 6.07) is 11.5. The first-order valence-corrected chi connectivity index (χ1v) is 9.13. The second-order valence-electron chi connectivity index (χ2n) is 6.64. The molecule has 6 heteroatoms. The molecule has 0 amide bonds. The fourth-order valence-electron chi connectivity index (χ4n) is 3.40. The number of nitrogens with one attached hydrogen (secondary N) is 1. The van der Waals surface area contributed by atoms with Crippen LogP contribution in [0.25, 0.3) is 11.4 Å². The molecular formula is C22H20N4O2. The summed E-state index contributed by atoms with van der Waals surface area (Å²) in [6.07, 6.45) is 9.41. The molecule has 3 heterocycles. The first-order chi connectivity index (χ1) is 13.7. The standard InChI is InChI=1S/C22H20N4O2/c1-2-13-28-20-6-4-3-5-17(20)14-26-12-9-19-18(15-26)22(27)25-21(24-19)16-7-10-23-11-8-16/h1,3-8,10-11H,9,12-15H2,(H,24,25,27). The summed E-state index contributed by atoms with van der Waals surface area (Å²) in [4.78, 5) is 26.5. The summed E-state index contributed by atoms with van der Waals surface area (Å²) in [5.74, 6) is 3.87. The lowest BCUT2D eigenvalue weighted by Crippen LogP contribution is -2.35. The van der Waals surface area contributed by atoms with Crippen molar-refractivity contribution in [2.45, 2.75) is 19.5 Å². The summed E-state index contributed by atoms with van der Waals surface area (Å²) in [6.45, 7) is 2.30. The zero-order chi connectivity index (χ0) is 19.3. The van der Waals surface area contributed by atoms with Crippen LogP contribution >= 0.6 is 0 Å². The minimum absolute atomic E-state index is 0.0848. The number of ether oxygens (including phenoxy) is 1. The average molecular weight is 372 g/mol. The van der Waals surface area contributed by atoms with Gasteiger partial charge in [0.2, 0.25) is 0 Å². The van der Waals surface area contributed by atoms with E-state index in [9.17, 15) is 4.79 Å². The molecular weight excluding hydrogens is 352 g/mol. The predicted molar refractivity (Wildman–Crippen MR) is 107 cm³/mol. The minimum atomic E-state index is -0.0848. The van der Waals surface area contributed by atoms with Gasteiger partial charge in [-0.2, -0.15) is 0 Å². The molecule has 0 bridgehead atoms. The third-order valence-electron chi connectivity index (χ3n) is 4.78. The molecule has 0 saturated carbocycles. The molecule has 6 nitrogen and oxygen atoms in total. The molecule has 28 heavy (non-hydrogen) atoms. The summed E-state index contributed by atoms with van der Waals surface area (Å²) < 4.78 is 5.64. The Morgan fingerprint density at radius 2 is 2.04 bits per heavy atom. The normalized spacial score (nSPS) is 13.5. The van der Waals surface area contributed by atoms with Crippen molar-refractivity contribution in [3.05, 3.63) is 76.0 Å². The maximum Gasteiger partial charge on any atom is 0.255 e.